The van der Waals surface area contributed by atoms with Crippen molar-refractivity contribution in [1.29, 1.82) is 0 Å². The molecule has 0 aliphatic carbocycles. The highest BCUT2D eigenvalue weighted by Crippen LogP contribution is 2.37. The Bertz CT molecular complexity index is 723. The van der Waals surface area contributed by atoms with E-state index in [1.807, 2.05) is 6.07 Å². The molecule has 2 rings (SSSR count). The van der Waals surface area contributed by atoms with E-state index >= 15 is 0 Å². The third-order valence-corrected chi connectivity index (χ3v) is 4.69. The van der Waals surface area contributed by atoms with Crippen molar-refractivity contribution in [3.8, 4) is 11.5 Å². The van der Waals surface area contributed by atoms with E-state index < -0.39 is 5.82 Å². The van der Waals surface area contributed by atoms with E-state index in [2.05, 4.69) is 5.32 Å². The maximum absolute atomic E-state index is 13.9. The number of methoxy groups -OCH3 is 1. The summed E-state index contributed by atoms with van der Waals surface area (Å²) in [6.45, 7) is 1.66. The lowest BCUT2D eigenvalue weighted by Gasteiger charge is -2.15. The van der Waals surface area contributed by atoms with Gasteiger partial charge in [-0.05, 0) is 55.6 Å². The minimum atomic E-state index is -0.431. The molecule has 148 valence electrons. The van der Waals surface area contributed by atoms with Crippen molar-refractivity contribution in [2.45, 2.75) is 32.4 Å². The molecule has 0 bridgehead atoms. The summed E-state index contributed by atoms with van der Waals surface area (Å²) in [5, 5.41) is 12.8. The number of hydrogen-bond acceptors (Lipinski definition) is 4. The van der Waals surface area contributed by atoms with Gasteiger partial charge in [-0.25, -0.2) is 4.39 Å². The van der Waals surface area contributed by atoms with Crippen LogP contribution in [0.3, 0.4) is 0 Å². The summed E-state index contributed by atoms with van der Waals surface area (Å²) in [5.41, 5.74) is 1.22. The molecule has 0 atom stereocenters. The van der Waals surface area contributed by atoms with E-state index in [0.29, 0.717) is 28.1 Å². The van der Waals surface area contributed by atoms with Gasteiger partial charge in [0.05, 0.1) is 17.2 Å². The summed E-state index contributed by atoms with van der Waals surface area (Å²) in [7, 11) is 1.53. The van der Waals surface area contributed by atoms with Crippen LogP contribution in [0.4, 0.5) is 4.39 Å². The van der Waals surface area contributed by atoms with Crippen molar-refractivity contribution < 1.29 is 19.0 Å². The molecule has 0 heterocycles. The number of aliphatic hydroxyl groups is 1. The van der Waals surface area contributed by atoms with Crippen LogP contribution in [0, 0.1) is 5.82 Å². The van der Waals surface area contributed by atoms with Crippen LogP contribution in [0.1, 0.15) is 30.4 Å². The summed E-state index contributed by atoms with van der Waals surface area (Å²) in [4.78, 5) is 0. The van der Waals surface area contributed by atoms with Gasteiger partial charge in [0.25, 0.3) is 0 Å². The highest BCUT2D eigenvalue weighted by Gasteiger charge is 2.14. The SMILES string of the molecule is COc1cc(CNCCCCCO)cc(Cl)c1OCc1c(F)cccc1Cl. The molecule has 0 fully saturated rings. The lowest BCUT2D eigenvalue weighted by molar-refractivity contribution is 0.280. The Morgan fingerprint density at radius 2 is 1.93 bits per heavy atom. The quantitative estimate of drug-likeness (QED) is 0.508. The summed E-state index contributed by atoms with van der Waals surface area (Å²) in [6, 6.07) is 8.12. The number of halogens is 3. The zero-order chi connectivity index (χ0) is 19.6. The molecule has 4 nitrogen and oxygen atoms in total. The van der Waals surface area contributed by atoms with E-state index in [0.717, 1.165) is 31.4 Å². The predicted molar refractivity (Wildman–Crippen MR) is 106 cm³/mol. The summed E-state index contributed by atoms with van der Waals surface area (Å²) >= 11 is 12.4. The Morgan fingerprint density at radius 1 is 1.11 bits per heavy atom. The van der Waals surface area contributed by atoms with E-state index in [-0.39, 0.29) is 18.8 Å². The Kier molecular flexibility index (Phi) is 9.15. The maximum atomic E-state index is 13.9. The standard InChI is InChI=1S/C20H24Cl2FNO3/c1-26-19-11-14(12-24-8-3-2-4-9-25)10-17(22)20(19)27-13-15-16(21)6-5-7-18(15)23/h5-7,10-11,24-25H,2-4,8-9,12-13H2,1H3. The molecule has 0 saturated heterocycles. The normalized spacial score (nSPS) is 10.9. The zero-order valence-electron chi connectivity index (χ0n) is 15.2. The predicted octanol–water partition coefficient (Wildman–Crippen LogP) is 4.97. The highest BCUT2D eigenvalue weighted by molar-refractivity contribution is 6.32. The molecule has 0 unspecified atom stereocenters. The third-order valence-electron chi connectivity index (χ3n) is 4.05. The minimum absolute atomic E-state index is 0.0515. The first kappa shape index (κ1) is 21.8. The zero-order valence-corrected chi connectivity index (χ0v) is 16.7. The molecular weight excluding hydrogens is 392 g/mol. The van der Waals surface area contributed by atoms with Gasteiger partial charge >= 0.3 is 0 Å². The van der Waals surface area contributed by atoms with Crippen molar-refractivity contribution >= 4 is 23.2 Å². The van der Waals surface area contributed by atoms with E-state index in [4.69, 9.17) is 37.8 Å². The van der Waals surface area contributed by atoms with Crippen molar-refractivity contribution in [2.24, 2.45) is 0 Å². The molecule has 2 aromatic carbocycles. The molecule has 0 spiro atoms. The third kappa shape index (κ3) is 6.54. The van der Waals surface area contributed by atoms with Gasteiger partial charge in [-0.1, -0.05) is 29.3 Å². The van der Waals surface area contributed by atoms with Crippen LogP contribution in [0.25, 0.3) is 0 Å². The van der Waals surface area contributed by atoms with Crippen LogP contribution in [-0.2, 0) is 13.2 Å². The smallest absolute Gasteiger partial charge is 0.180 e. The topological polar surface area (TPSA) is 50.7 Å². The second kappa shape index (κ2) is 11.3. The first-order chi connectivity index (χ1) is 13.1. The maximum Gasteiger partial charge on any atom is 0.180 e. The molecule has 0 aromatic heterocycles. The molecule has 0 radical (unpaired) electrons. The Morgan fingerprint density at radius 3 is 2.63 bits per heavy atom. The molecule has 27 heavy (non-hydrogen) atoms. The molecule has 0 aliphatic rings. The number of hydrogen-bond donors (Lipinski definition) is 2. The fraction of sp³-hybridized carbons (Fsp3) is 0.400. The van der Waals surface area contributed by atoms with Gasteiger partial charge < -0.3 is 19.9 Å². The Labute approximate surface area is 169 Å². The van der Waals surface area contributed by atoms with Gasteiger partial charge in [0.2, 0.25) is 0 Å². The largest absolute Gasteiger partial charge is 0.493 e. The summed E-state index contributed by atoms with van der Waals surface area (Å²) in [6.07, 6.45) is 2.80. The number of rotatable bonds is 11. The first-order valence-electron chi connectivity index (χ1n) is 8.80. The van der Waals surface area contributed by atoms with Gasteiger partial charge in [-0.3, -0.25) is 0 Å². The number of benzene rings is 2. The van der Waals surface area contributed by atoms with Crippen molar-refractivity contribution in [1.82, 2.24) is 5.32 Å². The molecular formula is C20H24Cl2FNO3. The average molecular weight is 416 g/mol. The fourth-order valence-electron chi connectivity index (χ4n) is 2.60. The van der Waals surface area contributed by atoms with Crippen molar-refractivity contribution in [3.63, 3.8) is 0 Å². The number of nitrogens with one attached hydrogen (secondary N) is 1. The monoisotopic (exact) mass is 415 g/mol. The van der Waals surface area contributed by atoms with E-state index in [9.17, 15) is 4.39 Å². The first-order valence-corrected chi connectivity index (χ1v) is 9.56. The van der Waals surface area contributed by atoms with Gasteiger partial charge in [0, 0.05) is 18.7 Å². The van der Waals surface area contributed by atoms with Crippen LogP contribution >= 0.6 is 23.2 Å². The second-order valence-corrected chi connectivity index (χ2v) is 6.87. The minimum Gasteiger partial charge on any atom is -0.493 e. The molecule has 2 aromatic rings. The molecule has 7 heteroatoms. The van der Waals surface area contributed by atoms with Gasteiger partial charge in [-0.2, -0.15) is 0 Å². The number of unbranched alkanes of at least 4 members (excludes halogenated alkanes) is 2. The van der Waals surface area contributed by atoms with Crippen molar-refractivity contribution in [2.75, 3.05) is 20.3 Å². The van der Waals surface area contributed by atoms with Gasteiger partial charge in [0.15, 0.2) is 11.5 Å². The lowest BCUT2D eigenvalue weighted by Crippen LogP contribution is -2.15. The van der Waals surface area contributed by atoms with E-state index in [1.165, 1.54) is 13.2 Å². The second-order valence-electron chi connectivity index (χ2n) is 6.06. The van der Waals surface area contributed by atoms with Crippen LogP contribution in [0.5, 0.6) is 11.5 Å². The van der Waals surface area contributed by atoms with Crippen LogP contribution in [0.2, 0.25) is 10.0 Å². The summed E-state index contributed by atoms with van der Waals surface area (Å²) in [5.74, 6) is 0.400. The lowest BCUT2D eigenvalue weighted by atomic mass is 10.2. The molecule has 0 aliphatic heterocycles. The van der Waals surface area contributed by atoms with Crippen LogP contribution < -0.4 is 14.8 Å². The van der Waals surface area contributed by atoms with Crippen LogP contribution in [0.15, 0.2) is 30.3 Å². The van der Waals surface area contributed by atoms with Gasteiger partial charge in [0.1, 0.15) is 12.4 Å². The van der Waals surface area contributed by atoms with Gasteiger partial charge in [-0.15, -0.1) is 0 Å². The number of aliphatic hydroxyl groups excluding tert-OH is 1. The Hall–Kier alpha value is -1.53. The molecule has 0 amide bonds. The summed E-state index contributed by atoms with van der Waals surface area (Å²) < 4.78 is 25.0. The molecule has 0 saturated carbocycles. The number of ether oxygens (including phenoxy) is 2. The fourth-order valence-corrected chi connectivity index (χ4v) is 3.11. The van der Waals surface area contributed by atoms with Crippen LogP contribution in [-0.4, -0.2) is 25.4 Å². The Balaban J connectivity index is 2.01. The van der Waals surface area contributed by atoms with E-state index in [1.54, 1.807) is 18.2 Å². The average Bonchev–Trinajstić information content (AvgIpc) is 2.65. The highest BCUT2D eigenvalue weighted by atomic mass is 35.5. The van der Waals surface area contributed by atoms with Crippen molar-refractivity contribution in [3.05, 3.63) is 57.3 Å². The molecule has 2 N–H and O–H groups in total.